The molecule has 5 heteroatoms. The number of carbonyl (C=O) groups excluding carboxylic acids is 1. The lowest BCUT2D eigenvalue weighted by atomic mass is 9.77. The van der Waals surface area contributed by atoms with E-state index >= 15 is 0 Å². The van der Waals surface area contributed by atoms with Crippen LogP contribution >= 0.6 is 0 Å². The zero-order valence-electron chi connectivity index (χ0n) is 13.2. The minimum atomic E-state index is -0.502. The quantitative estimate of drug-likeness (QED) is 0.783. The van der Waals surface area contributed by atoms with Crippen LogP contribution in [0.2, 0.25) is 0 Å². The topological polar surface area (TPSA) is 61.6 Å². The second-order valence-corrected chi connectivity index (χ2v) is 6.67. The molecule has 1 aliphatic heterocycles. The Kier molecular flexibility index (Phi) is 5.04. The summed E-state index contributed by atoms with van der Waals surface area (Å²) in [6, 6.07) is 1.07. The third kappa shape index (κ3) is 3.15. The standard InChI is InChI=1S/C15H30N4O/c1-17-15(14(16)20)8-4-6-12(10-15)19(3)13-7-5-9-18(2)11-13/h12-13,17H,4-11H2,1-3H3,(H2,16,20). The number of hydrogen-bond donors (Lipinski definition) is 2. The summed E-state index contributed by atoms with van der Waals surface area (Å²) in [5, 5.41) is 3.20. The van der Waals surface area contributed by atoms with Gasteiger partial charge in [-0.1, -0.05) is 0 Å². The zero-order valence-corrected chi connectivity index (χ0v) is 13.2. The minimum Gasteiger partial charge on any atom is -0.368 e. The largest absolute Gasteiger partial charge is 0.368 e. The molecule has 1 heterocycles. The highest BCUT2D eigenvalue weighted by atomic mass is 16.1. The summed E-state index contributed by atoms with van der Waals surface area (Å²) in [5.74, 6) is -0.195. The van der Waals surface area contributed by atoms with Crippen molar-refractivity contribution in [1.29, 1.82) is 0 Å². The molecule has 3 unspecified atom stereocenters. The van der Waals surface area contributed by atoms with E-state index in [4.69, 9.17) is 5.73 Å². The molecule has 20 heavy (non-hydrogen) atoms. The fourth-order valence-electron chi connectivity index (χ4n) is 3.94. The molecule has 116 valence electrons. The maximum atomic E-state index is 11.8. The molecule has 2 rings (SSSR count). The third-order valence-corrected chi connectivity index (χ3v) is 5.43. The number of piperidine rings is 1. The summed E-state index contributed by atoms with van der Waals surface area (Å²) in [4.78, 5) is 16.8. The van der Waals surface area contributed by atoms with E-state index in [-0.39, 0.29) is 5.91 Å². The van der Waals surface area contributed by atoms with Gasteiger partial charge >= 0.3 is 0 Å². The smallest absolute Gasteiger partial charge is 0.237 e. The SMILES string of the molecule is CNC1(C(N)=O)CCCC(N(C)C2CCCN(C)C2)C1. The monoisotopic (exact) mass is 282 g/mol. The van der Waals surface area contributed by atoms with Crippen molar-refractivity contribution in [3.05, 3.63) is 0 Å². The van der Waals surface area contributed by atoms with Crippen LogP contribution in [-0.2, 0) is 4.79 Å². The number of nitrogens with one attached hydrogen (secondary N) is 1. The van der Waals surface area contributed by atoms with Crippen molar-refractivity contribution in [3.8, 4) is 0 Å². The molecule has 2 fully saturated rings. The number of likely N-dealkylation sites (tertiary alicyclic amines) is 1. The van der Waals surface area contributed by atoms with E-state index < -0.39 is 5.54 Å². The van der Waals surface area contributed by atoms with Crippen LogP contribution < -0.4 is 11.1 Å². The van der Waals surface area contributed by atoms with Gasteiger partial charge in [0.15, 0.2) is 0 Å². The van der Waals surface area contributed by atoms with Crippen molar-refractivity contribution in [2.75, 3.05) is 34.2 Å². The number of nitrogens with two attached hydrogens (primary N) is 1. The molecule has 1 saturated heterocycles. The van der Waals surface area contributed by atoms with Crippen LogP contribution in [0.3, 0.4) is 0 Å². The van der Waals surface area contributed by atoms with Crippen LogP contribution in [0.4, 0.5) is 0 Å². The first-order chi connectivity index (χ1) is 9.48. The van der Waals surface area contributed by atoms with E-state index in [0.717, 1.165) is 25.8 Å². The van der Waals surface area contributed by atoms with Gasteiger partial charge in [0.25, 0.3) is 0 Å². The minimum absolute atomic E-state index is 0.195. The predicted molar refractivity (Wildman–Crippen MR) is 81.5 cm³/mol. The van der Waals surface area contributed by atoms with Gasteiger partial charge in [0.05, 0.1) is 5.54 Å². The molecule has 0 aromatic carbocycles. The summed E-state index contributed by atoms with van der Waals surface area (Å²) >= 11 is 0. The maximum absolute atomic E-state index is 11.8. The Morgan fingerprint density at radius 1 is 1.35 bits per heavy atom. The van der Waals surface area contributed by atoms with Gasteiger partial charge in [-0.15, -0.1) is 0 Å². The lowest BCUT2D eigenvalue weighted by Crippen LogP contribution is -2.60. The molecule has 2 aliphatic rings. The Morgan fingerprint density at radius 3 is 2.65 bits per heavy atom. The molecule has 3 atom stereocenters. The van der Waals surface area contributed by atoms with Gasteiger partial charge in [0, 0.05) is 18.6 Å². The van der Waals surface area contributed by atoms with Crippen molar-refractivity contribution < 1.29 is 4.79 Å². The molecule has 0 bridgehead atoms. The highest BCUT2D eigenvalue weighted by Crippen LogP contribution is 2.32. The fraction of sp³-hybridized carbons (Fsp3) is 0.933. The number of nitrogens with zero attached hydrogens (tertiary/aromatic N) is 2. The first kappa shape index (κ1) is 15.7. The van der Waals surface area contributed by atoms with Crippen LogP contribution in [0.15, 0.2) is 0 Å². The molecular weight excluding hydrogens is 252 g/mol. The summed E-state index contributed by atoms with van der Waals surface area (Å²) < 4.78 is 0. The van der Waals surface area contributed by atoms with Gasteiger partial charge in [0.2, 0.25) is 5.91 Å². The highest BCUT2D eigenvalue weighted by molar-refractivity contribution is 5.84. The van der Waals surface area contributed by atoms with E-state index in [1.807, 2.05) is 7.05 Å². The van der Waals surface area contributed by atoms with Crippen molar-refractivity contribution in [3.63, 3.8) is 0 Å². The first-order valence-electron chi connectivity index (χ1n) is 7.88. The molecule has 1 aliphatic carbocycles. The van der Waals surface area contributed by atoms with Crippen molar-refractivity contribution in [1.82, 2.24) is 15.1 Å². The Labute approximate surface area is 122 Å². The first-order valence-corrected chi connectivity index (χ1v) is 7.88. The number of carbonyl (C=O) groups is 1. The third-order valence-electron chi connectivity index (χ3n) is 5.43. The van der Waals surface area contributed by atoms with E-state index in [0.29, 0.717) is 12.1 Å². The van der Waals surface area contributed by atoms with Crippen LogP contribution in [0.5, 0.6) is 0 Å². The highest BCUT2D eigenvalue weighted by Gasteiger charge is 2.42. The summed E-state index contributed by atoms with van der Waals surface area (Å²) in [7, 11) is 6.28. The van der Waals surface area contributed by atoms with Crippen molar-refractivity contribution in [2.45, 2.75) is 56.1 Å². The van der Waals surface area contributed by atoms with Gasteiger partial charge in [0.1, 0.15) is 0 Å². The number of primary amides is 1. The Balaban J connectivity index is 2.02. The normalized spacial score (nSPS) is 36.2. The average Bonchev–Trinajstić information content (AvgIpc) is 2.46. The fourth-order valence-corrected chi connectivity index (χ4v) is 3.94. The summed E-state index contributed by atoms with van der Waals surface area (Å²) in [6.45, 7) is 2.34. The molecule has 0 radical (unpaired) electrons. The molecule has 1 saturated carbocycles. The lowest BCUT2D eigenvalue weighted by molar-refractivity contribution is -0.126. The average molecular weight is 282 g/mol. The van der Waals surface area contributed by atoms with Crippen LogP contribution in [-0.4, -0.2) is 67.6 Å². The second kappa shape index (κ2) is 6.41. The molecule has 5 nitrogen and oxygen atoms in total. The van der Waals surface area contributed by atoms with Gasteiger partial charge in [-0.3, -0.25) is 9.69 Å². The molecule has 0 spiro atoms. The van der Waals surface area contributed by atoms with Gasteiger partial charge in [-0.05, 0) is 66.2 Å². The zero-order chi connectivity index (χ0) is 14.8. The Hall–Kier alpha value is -0.650. The number of hydrogen-bond acceptors (Lipinski definition) is 4. The molecule has 0 aromatic rings. The molecule has 1 amide bonds. The van der Waals surface area contributed by atoms with Gasteiger partial charge < -0.3 is 16.0 Å². The van der Waals surface area contributed by atoms with Crippen LogP contribution in [0.1, 0.15) is 38.5 Å². The number of amides is 1. The predicted octanol–water partition coefficient (Wildman–Crippen LogP) is 0.399. The van der Waals surface area contributed by atoms with Crippen LogP contribution in [0.25, 0.3) is 0 Å². The number of likely N-dealkylation sites (N-methyl/N-ethyl adjacent to an activating group) is 3. The van der Waals surface area contributed by atoms with E-state index in [2.05, 4.69) is 29.2 Å². The summed E-state index contributed by atoms with van der Waals surface area (Å²) in [6.07, 6.45) is 6.49. The van der Waals surface area contributed by atoms with Crippen molar-refractivity contribution >= 4 is 5.91 Å². The number of rotatable bonds is 4. The molecule has 0 aromatic heterocycles. The van der Waals surface area contributed by atoms with E-state index in [9.17, 15) is 4.79 Å². The Morgan fingerprint density at radius 2 is 2.05 bits per heavy atom. The second-order valence-electron chi connectivity index (χ2n) is 6.67. The van der Waals surface area contributed by atoms with Crippen LogP contribution in [0, 0.1) is 0 Å². The van der Waals surface area contributed by atoms with E-state index in [1.54, 1.807) is 0 Å². The van der Waals surface area contributed by atoms with Gasteiger partial charge in [-0.25, -0.2) is 0 Å². The lowest BCUT2D eigenvalue weighted by Gasteiger charge is -2.46. The van der Waals surface area contributed by atoms with Crippen molar-refractivity contribution in [2.24, 2.45) is 5.73 Å². The summed E-state index contributed by atoms with van der Waals surface area (Å²) in [5.41, 5.74) is 5.15. The van der Waals surface area contributed by atoms with Gasteiger partial charge in [-0.2, -0.15) is 0 Å². The Bertz CT molecular complexity index is 349. The molecular formula is C15H30N4O. The maximum Gasteiger partial charge on any atom is 0.237 e. The van der Waals surface area contributed by atoms with E-state index in [1.165, 1.54) is 25.8 Å². The molecule has 3 N–H and O–H groups in total.